The van der Waals surface area contributed by atoms with Gasteiger partial charge < -0.3 is 14.4 Å². The van der Waals surface area contributed by atoms with Crippen LogP contribution in [0.25, 0.3) is 22.2 Å². The van der Waals surface area contributed by atoms with Crippen molar-refractivity contribution in [2.45, 2.75) is 13.5 Å². The van der Waals surface area contributed by atoms with Crippen molar-refractivity contribution in [3.05, 3.63) is 66.6 Å². The summed E-state index contributed by atoms with van der Waals surface area (Å²) >= 11 is 0. The standard InChI is InChI=1S/C26H28N6O3/c1-2-34-18-26(33)32-13-11-31(12-14-32)17-21-5-3-19-15-22(6-7-23(19)29-21)35-25-8-4-20(16-27-25)24-9-10-28-30-24/h3-10,15-16H,2,11-14,17-18H2,1H3,(H,28,30). The molecule has 0 saturated carbocycles. The van der Waals surface area contributed by atoms with Crippen LogP contribution in [0.4, 0.5) is 0 Å². The molecule has 180 valence electrons. The van der Waals surface area contributed by atoms with E-state index in [9.17, 15) is 4.79 Å². The Labute approximate surface area is 203 Å². The van der Waals surface area contributed by atoms with Crippen molar-refractivity contribution in [2.75, 3.05) is 39.4 Å². The molecule has 1 aliphatic rings. The zero-order valence-electron chi connectivity index (χ0n) is 19.7. The summed E-state index contributed by atoms with van der Waals surface area (Å²) in [7, 11) is 0. The minimum Gasteiger partial charge on any atom is -0.439 e. The highest BCUT2D eigenvalue weighted by Crippen LogP contribution is 2.26. The normalized spacial score (nSPS) is 14.4. The topological polar surface area (TPSA) is 96.5 Å². The summed E-state index contributed by atoms with van der Waals surface area (Å²) in [4.78, 5) is 25.6. The van der Waals surface area contributed by atoms with Gasteiger partial charge in [-0.05, 0) is 43.3 Å². The number of nitrogens with zero attached hydrogens (tertiary/aromatic N) is 5. The van der Waals surface area contributed by atoms with Crippen molar-refractivity contribution >= 4 is 16.8 Å². The Kier molecular flexibility index (Phi) is 6.97. The van der Waals surface area contributed by atoms with Crippen LogP contribution >= 0.6 is 0 Å². The number of nitrogens with one attached hydrogen (secondary N) is 1. The number of carbonyl (C=O) groups is 1. The van der Waals surface area contributed by atoms with E-state index in [4.69, 9.17) is 14.5 Å². The Bertz CT molecular complexity index is 1270. The number of fused-ring (bicyclic) bond motifs is 1. The molecule has 4 heterocycles. The summed E-state index contributed by atoms with van der Waals surface area (Å²) in [5.74, 6) is 1.30. The highest BCUT2D eigenvalue weighted by molar-refractivity contribution is 5.80. The van der Waals surface area contributed by atoms with Crippen molar-refractivity contribution in [3.63, 3.8) is 0 Å². The summed E-state index contributed by atoms with van der Waals surface area (Å²) in [6, 6.07) is 15.7. The Balaban J connectivity index is 1.18. The van der Waals surface area contributed by atoms with E-state index in [2.05, 4.69) is 32.2 Å². The van der Waals surface area contributed by atoms with Crippen LogP contribution in [0.3, 0.4) is 0 Å². The van der Waals surface area contributed by atoms with Crippen molar-refractivity contribution in [2.24, 2.45) is 0 Å². The fraction of sp³-hybridized carbons (Fsp3) is 0.308. The molecule has 4 aromatic rings. The number of hydrogen-bond donors (Lipinski definition) is 1. The molecule has 0 unspecified atom stereocenters. The first-order valence-electron chi connectivity index (χ1n) is 11.8. The van der Waals surface area contributed by atoms with Gasteiger partial charge in [-0.2, -0.15) is 5.10 Å². The molecule has 0 radical (unpaired) electrons. The van der Waals surface area contributed by atoms with Gasteiger partial charge in [0.2, 0.25) is 11.8 Å². The van der Waals surface area contributed by atoms with E-state index in [0.29, 0.717) is 18.2 Å². The number of benzene rings is 1. The van der Waals surface area contributed by atoms with E-state index in [1.165, 1.54) is 0 Å². The molecule has 9 nitrogen and oxygen atoms in total. The fourth-order valence-corrected chi connectivity index (χ4v) is 4.10. The largest absolute Gasteiger partial charge is 0.439 e. The zero-order chi connectivity index (χ0) is 24.0. The van der Waals surface area contributed by atoms with Gasteiger partial charge in [-0.3, -0.25) is 19.8 Å². The first-order chi connectivity index (χ1) is 17.2. The molecule has 3 aromatic heterocycles. The lowest BCUT2D eigenvalue weighted by Gasteiger charge is -2.34. The van der Waals surface area contributed by atoms with Crippen molar-refractivity contribution in [3.8, 4) is 22.9 Å². The number of aromatic amines is 1. The molecule has 0 spiro atoms. The third kappa shape index (κ3) is 5.64. The van der Waals surface area contributed by atoms with Crippen LogP contribution in [-0.2, 0) is 16.1 Å². The minimum absolute atomic E-state index is 0.0670. The minimum atomic E-state index is 0.0670. The molecule has 1 saturated heterocycles. The van der Waals surface area contributed by atoms with Gasteiger partial charge in [0, 0.05) is 68.7 Å². The number of piperazine rings is 1. The van der Waals surface area contributed by atoms with Crippen molar-refractivity contribution in [1.82, 2.24) is 30.0 Å². The Morgan fingerprint density at radius 3 is 2.69 bits per heavy atom. The van der Waals surface area contributed by atoms with Gasteiger partial charge >= 0.3 is 0 Å². The first-order valence-corrected chi connectivity index (χ1v) is 11.8. The number of rotatable bonds is 8. The average Bonchev–Trinajstić information content (AvgIpc) is 3.43. The van der Waals surface area contributed by atoms with E-state index in [1.54, 1.807) is 12.4 Å². The second-order valence-electron chi connectivity index (χ2n) is 8.41. The lowest BCUT2D eigenvalue weighted by atomic mass is 10.2. The lowest BCUT2D eigenvalue weighted by molar-refractivity contribution is -0.137. The maximum absolute atomic E-state index is 12.1. The van der Waals surface area contributed by atoms with Gasteiger partial charge in [0.05, 0.1) is 16.9 Å². The number of H-pyrrole nitrogens is 1. The molecule has 1 aliphatic heterocycles. The van der Waals surface area contributed by atoms with Gasteiger partial charge in [0.1, 0.15) is 12.4 Å². The molecule has 0 aliphatic carbocycles. The molecule has 5 rings (SSSR count). The third-order valence-corrected chi connectivity index (χ3v) is 6.03. The second kappa shape index (κ2) is 10.6. The van der Waals surface area contributed by atoms with Gasteiger partial charge in [-0.25, -0.2) is 4.98 Å². The molecule has 1 fully saturated rings. The van der Waals surface area contributed by atoms with E-state index in [-0.39, 0.29) is 12.5 Å². The number of amides is 1. The van der Waals surface area contributed by atoms with Crippen LogP contribution in [0.2, 0.25) is 0 Å². The summed E-state index contributed by atoms with van der Waals surface area (Å²) in [5, 5.41) is 7.89. The number of aromatic nitrogens is 4. The lowest BCUT2D eigenvalue weighted by Crippen LogP contribution is -2.49. The highest BCUT2D eigenvalue weighted by Gasteiger charge is 2.21. The van der Waals surface area contributed by atoms with Gasteiger partial charge in [-0.1, -0.05) is 6.07 Å². The summed E-state index contributed by atoms with van der Waals surface area (Å²) < 4.78 is 11.2. The first kappa shape index (κ1) is 22.9. The van der Waals surface area contributed by atoms with Crippen LogP contribution in [0.1, 0.15) is 12.6 Å². The van der Waals surface area contributed by atoms with Crippen LogP contribution in [0, 0.1) is 0 Å². The van der Waals surface area contributed by atoms with Gasteiger partial charge in [0.15, 0.2) is 0 Å². The van der Waals surface area contributed by atoms with Crippen LogP contribution < -0.4 is 4.74 Å². The number of pyridine rings is 2. The SMILES string of the molecule is CCOCC(=O)N1CCN(Cc2ccc3cc(Oc4ccc(-c5ccn[nH]5)cn4)ccc3n2)CC1. The quantitative estimate of drug-likeness (QED) is 0.419. The maximum atomic E-state index is 12.1. The van der Waals surface area contributed by atoms with Crippen LogP contribution in [0.5, 0.6) is 11.6 Å². The molecule has 35 heavy (non-hydrogen) atoms. The van der Waals surface area contributed by atoms with E-state index in [1.807, 2.05) is 48.2 Å². The Morgan fingerprint density at radius 1 is 1.06 bits per heavy atom. The molecule has 1 N–H and O–H groups in total. The molecule has 0 bridgehead atoms. The molecule has 1 aromatic carbocycles. The number of carbonyl (C=O) groups excluding carboxylic acids is 1. The second-order valence-corrected chi connectivity index (χ2v) is 8.41. The average molecular weight is 473 g/mol. The van der Waals surface area contributed by atoms with E-state index < -0.39 is 0 Å². The van der Waals surface area contributed by atoms with E-state index in [0.717, 1.165) is 60.6 Å². The molecule has 9 heteroatoms. The fourth-order valence-electron chi connectivity index (χ4n) is 4.10. The smallest absolute Gasteiger partial charge is 0.248 e. The van der Waals surface area contributed by atoms with Crippen LogP contribution in [-0.4, -0.2) is 75.3 Å². The van der Waals surface area contributed by atoms with Crippen molar-refractivity contribution in [1.29, 1.82) is 0 Å². The zero-order valence-corrected chi connectivity index (χ0v) is 19.7. The highest BCUT2D eigenvalue weighted by atomic mass is 16.5. The molecule has 1 amide bonds. The Morgan fingerprint density at radius 2 is 1.94 bits per heavy atom. The van der Waals surface area contributed by atoms with Crippen molar-refractivity contribution < 1.29 is 14.3 Å². The summed E-state index contributed by atoms with van der Waals surface area (Å²) in [5.41, 5.74) is 3.79. The summed E-state index contributed by atoms with van der Waals surface area (Å²) in [6.45, 7) is 6.48. The van der Waals surface area contributed by atoms with Gasteiger partial charge in [-0.15, -0.1) is 0 Å². The number of hydrogen-bond acceptors (Lipinski definition) is 7. The maximum Gasteiger partial charge on any atom is 0.248 e. The van der Waals surface area contributed by atoms with Crippen LogP contribution in [0.15, 0.2) is 60.9 Å². The monoisotopic (exact) mass is 472 g/mol. The third-order valence-electron chi connectivity index (χ3n) is 6.03. The Hall–Kier alpha value is -3.82. The molecule has 0 atom stereocenters. The summed E-state index contributed by atoms with van der Waals surface area (Å²) in [6.07, 6.45) is 3.47. The molecular formula is C26H28N6O3. The van der Waals surface area contributed by atoms with E-state index >= 15 is 0 Å². The predicted molar refractivity (Wildman–Crippen MR) is 132 cm³/mol. The van der Waals surface area contributed by atoms with Gasteiger partial charge in [0.25, 0.3) is 0 Å². The number of ether oxygens (including phenoxy) is 2. The molecular weight excluding hydrogens is 444 g/mol. The predicted octanol–water partition coefficient (Wildman–Crippen LogP) is 3.49.